The summed E-state index contributed by atoms with van der Waals surface area (Å²) in [7, 11) is 1.74. The van der Waals surface area contributed by atoms with E-state index in [0.717, 1.165) is 5.56 Å². The predicted octanol–water partition coefficient (Wildman–Crippen LogP) is 2.08. The Kier molecular flexibility index (Phi) is 2.75. The minimum absolute atomic E-state index is 0.266. The van der Waals surface area contributed by atoms with E-state index >= 15 is 0 Å². The number of hydrogen-bond acceptors (Lipinski definition) is 4. The summed E-state index contributed by atoms with van der Waals surface area (Å²) in [5.74, 6) is 0.303. The highest BCUT2D eigenvalue weighted by Crippen LogP contribution is 2.23. The zero-order valence-corrected chi connectivity index (χ0v) is 10.2. The lowest BCUT2D eigenvalue weighted by Gasteiger charge is -2.03. The van der Waals surface area contributed by atoms with E-state index in [9.17, 15) is 4.39 Å². The number of rotatable bonds is 2. The number of aromatic nitrogens is 5. The Balaban J connectivity index is 2.00. The van der Waals surface area contributed by atoms with E-state index < -0.39 is 0 Å². The summed E-state index contributed by atoms with van der Waals surface area (Å²) in [6.45, 7) is 0. The van der Waals surface area contributed by atoms with E-state index in [2.05, 4.69) is 20.5 Å². The quantitative estimate of drug-likeness (QED) is 0.703. The monoisotopic (exact) mass is 255 g/mol. The van der Waals surface area contributed by atoms with Crippen LogP contribution in [0, 0.1) is 5.82 Å². The van der Waals surface area contributed by atoms with Gasteiger partial charge in [-0.3, -0.25) is 4.98 Å². The second-order valence-electron chi connectivity index (χ2n) is 4.04. The summed E-state index contributed by atoms with van der Waals surface area (Å²) >= 11 is 0. The highest BCUT2D eigenvalue weighted by molar-refractivity contribution is 5.65. The predicted molar refractivity (Wildman–Crippen MR) is 67.4 cm³/mol. The molecule has 0 fully saturated rings. The van der Waals surface area contributed by atoms with Crippen LogP contribution in [0.1, 0.15) is 0 Å². The lowest BCUT2D eigenvalue weighted by Crippen LogP contribution is -1.96. The minimum Gasteiger partial charge on any atom is -0.252 e. The zero-order chi connectivity index (χ0) is 13.2. The third-order valence-corrected chi connectivity index (χ3v) is 2.80. The average molecular weight is 255 g/mol. The minimum atomic E-state index is -0.266. The fourth-order valence-electron chi connectivity index (χ4n) is 1.83. The van der Waals surface area contributed by atoms with Gasteiger partial charge in [-0.05, 0) is 22.6 Å². The summed E-state index contributed by atoms with van der Waals surface area (Å²) in [4.78, 5) is 4.27. The summed E-state index contributed by atoms with van der Waals surface area (Å²) < 4.78 is 15.2. The van der Waals surface area contributed by atoms with E-state index in [1.807, 2.05) is 0 Å². The van der Waals surface area contributed by atoms with Gasteiger partial charge in [0.15, 0.2) is 5.82 Å². The standard InChI is InChI=1S/C13H10FN5/c1-19-13(16-17-18-19)12-7-6-9(8-15-12)10-4-2-3-5-11(10)14/h2-8H,1H3. The summed E-state index contributed by atoms with van der Waals surface area (Å²) in [5, 5.41) is 11.2. The molecular formula is C13H10FN5. The maximum absolute atomic E-state index is 13.6. The van der Waals surface area contributed by atoms with Crippen molar-refractivity contribution in [2.24, 2.45) is 7.05 Å². The molecule has 0 bridgehead atoms. The molecule has 19 heavy (non-hydrogen) atoms. The van der Waals surface area contributed by atoms with E-state index in [1.165, 1.54) is 10.7 Å². The van der Waals surface area contributed by atoms with Crippen LogP contribution in [0.2, 0.25) is 0 Å². The molecule has 6 heteroatoms. The van der Waals surface area contributed by atoms with Gasteiger partial charge >= 0.3 is 0 Å². The maximum atomic E-state index is 13.6. The number of aryl methyl sites for hydroxylation is 1. The Bertz CT molecular complexity index is 705. The first-order valence-corrected chi connectivity index (χ1v) is 5.69. The molecule has 0 spiro atoms. The molecule has 0 aliphatic carbocycles. The van der Waals surface area contributed by atoms with Gasteiger partial charge in [0.25, 0.3) is 0 Å². The van der Waals surface area contributed by atoms with E-state index in [-0.39, 0.29) is 5.82 Å². The first-order chi connectivity index (χ1) is 9.25. The molecule has 0 N–H and O–H groups in total. The number of halogens is 1. The highest BCUT2D eigenvalue weighted by atomic mass is 19.1. The Morgan fingerprint density at radius 2 is 1.95 bits per heavy atom. The van der Waals surface area contributed by atoms with Crippen molar-refractivity contribution < 1.29 is 4.39 Å². The van der Waals surface area contributed by atoms with Crippen molar-refractivity contribution in [3.05, 3.63) is 48.4 Å². The van der Waals surface area contributed by atoms with Gasteiger partial charge in [0.2, 0.25) is 0 Å². The van der Waals surface area contributed by atoms with Crippen LogP contribution < -0.4 is 0 Å². The Hall–Kier alpha value is -2.63. The third kappa shape index (κ3) is 2.08. The van der Waals surface area contributed by atoms with E-state index in [4.69, 9.17) is 0 Å². The van der Waals surface area contributed by atoms with Gasteiger partial charge in [-0.2, -0.15) is 0 Å². The van der Waals surface area contributed by atoms with Crippen LogP contribution in [-0.4, -0.2) is 25.2 Å². The van der Waals surface area contributed by atoms with Crippen molar-refractivity contribution in [2.45, 2.75) is 0 Å². The topological polar surface area (TPSA) is 56.5 Å². The molecular weight excluding hydrogens is 245 g/mol. The van der Waals surface area contributed by atoms with Gasteiger partial charge in [0.05, 0.1) is 0 Å². The van der Waals surface area contributed by atoms with Gasteiger partial charge in [-0.25, -0.2) is 9.07 Å². The van der Waals surface area contributed by atoms with Crippen molar-refractivity contribution in [3.8, 4) is 22.6 Å². The van der Waals surface area contributed by atoms with Crippen LogP contribution in [0.25, 0.3) is 22.6 Å². The average Bonchev–Trinajstić information content (AvgIpc) is 2.86. The fraction of sp³-hybridized carbons (Fsp3) is 0.0769. The molecule has 94 valence electrons. The van der Waals surface area contributed by atoms with Crippen LogP contribution >= 0.6 is 0 Å². The molecule has 3 aromatic rings. The third-order valence-electron chi connectivity index (χ3n) is 2.80. The first-order valence-electron chi connectivity index (χ1n) is 5.69. The Labute approximate surface area is 108 Å². The van der Waals surface area contributed by atoms with Crippen molar-refractivity contribution in [2.75, 3.05) is 0 Å². The number of tetrazole rings is 1. The molecule has 2 heterocycles. The molecule has 0 aliphatic heterocycles. The Morgan fingerprint density at radius 1 is 1.11 bits per heavy atom. The van der Waals surface area contributed by atoms with Crippen LogP contribution in [0.5, 0.6) is 0 Å². The second kappa shape index (κ2) is 4.56. The number of hydrogen-bond donors (Lipinski definition) is 0. The molecule has 0 saturated carbocycles. The molecule has 0 unspecified atom stereocenters. The van der Waals surface area contributed by atoms with Gasteiger partial charge in [0, 0.05) is 24.4 Å². The summed E-state index contributed by atoms with van der Waals surface area (Å²) in [6, 6.07) is 10.2. The van der Waals surface area contributed by atoms with Crippen molar-refractivity contribution in [1.29, 1.82) is 0 Å². The van der Waals surface area contributed by atoms with Crippen LogP contribution in [0.3, 0.4) is 0 Å². The van der Waals surface area contributed by atoms with Gasteiger partial charge in [-0.15, -0.1) is 5.10 Å². The first kappa shape index (κ1) is 11.5. The molecule has 2 aromatic heterocycles. The van der Waals surface area contributed by atoms with Gasteiger partial charge in [0.1, 0.15) is 11.5 Å². The SMILES string of the molecule is Cn1nnnc1-c1ccc(-c2ccccc2F)cn1. The summed E-state index contributed by atoms with van der Waals surface area (Å²) in [5.41, 5.74) is 1.89. The lowest BCUT2D eigenvalue weighted by atomic mass is 10.1. The molecule has 3 rings (SSSR count). The zero-order valence-electron chi connectivity index (χ0n) is 10.2. The number of nitrogens with zero attached hydrogens (tertiary/aromatic N) is 5. The number of pyridine rings is 1. The molecule has 0 amide bonds. The van der Waals surface area contributed by atoms with Gasteiger partial charge < -0.3 is 0 Å². The Morgan fingerprint density at radius 3 is 2.58 bits per heavy atom. The van der Waals surface area contributed by atoms with Crippen LogP contribution in [0.4, 0.5) is 4.39 Å². The van der Waals surface area contributed by atoms with Crippen molar-refractivity contribution in [1.82, 2.24) is 25.2 Å². The molecule has 5 nitrogen and oxygen atoms in total. The molecule has 0 atom stereocenters. The van der Waals surface area contributed by atoms with Crippen molar-refractivity contribution >= 4 is 0 Å². The number of benzene rings is 1. The second-order valence-corrected chi connectivity index (χ2v) is 4.04. The lowest BCUT2D eigenvalue weighted by molar-refractivity contribution is 0.631. The molecule has 0 aliphatic rings. The molecule has 0 saturated heterocycles. The largest absolute Gasteiger partial charge is 0.252 e. The van der Waals surface area contributed by atoms with Gasteiger partial charge in [-0.1, -0.05) is 24.3 Å². The van der Waals surface area contributed by atoms with E-state index in [1.54, 1.807) is 43.6 Å². The summed E-state index contributed by atoms with van der Waals surface area (Å²) in [6.07, 6.45) is 1.61. The van der Waals surface area contributed by atoms with Crippen LogP contribution in [-0.2, 0) is 7.05 Å². The molecule has 1 aromatic carbocycles. The van der Waals surface area contributed by atoms with E-state index in [0.29, 0.717) is 17.1 Å². The maximum Gasteiger partial charge on any atom is 0.200 e. The normalized spacial score (nSPS) is 10.6. The fourth-order valence-corrected chi connectivity index (χ4v) is 1.83. The van der Waals surface area contributed by atoms with Crippen molar-refractivity contribution in [3.63, 3.8) is 0 Å². The smallest absolute Gasteiger partial charge is 0.200 e. The molecule has 0 radical (unpaired) electrons. The highest BCUT2D eigenvalue weighted by Gasteiger charge is 2.09. The van der Waals surface area contributed by atoms with Crippen LogP contribution in [0.15, 0.2) is 42.6 Å².